The molecule has 1 aromatic heterocycles. The molecule has 5 nitrogen and oxygen atoms in total. The number of fused-ring (bicyclic) bond motifs is 1. The van der Waals surface area contributed by atoms with Gasteiger partial charge in [0.25, 0.3) is 11.5 Å². The first-order chi connectivity index (χ1) is 14.0. The maximum absolute atomic E-state index is 12.8. The van der Waals surface area contributed by atoms with Crippen LogP contribution >= 0.6 is 11.6 Å². The molecule has 1 amide bonds. The van der Waals surface area contributed by atoms with E-state index in [0.717, 1.165) is 27.8 Å². The van der Waals surface area contributed by atoms with Gasteiger partial charge in [0.2, 0.25) is 0 Å². The Hall–Kier alpha value is -2.63. The molecule has 2 aliphatic rings. The van der Waals surface area contributed by atoms with Crippen LogP contribution in [0.25, 0.3) is 17.2 Å². The molecule has 1 saturated heterocycles. The first-order valence-electron chi connectivity index (χ1n) is 9.71. The lowest BCUT2D eigenvalue weighted by atomic mass is 9.98. The minimum atomic E-state index is -0.0811. The number of carbonyl (C=O) groups excluding carboxylic acids is 1. The van der Waals surface area contributed by atoms with E-state index in [9.17, 15) is 9.59 Å². The molecule has 0 spiro atoms. The monoisotopic (exact) mass is 410 g/mol. The number of morpholine rings is 1. The lowest BCUT2D eigenvalue weighted by Gasteiger charge is -2.27. The number of halogens is 1. The first kappa shape index (κ1) is 19.7. The van der Waals surface area contributed by atoms with Gasteiger partial charge in [-0.25, -0.2) is 0 Å². The summed E-state index contributed by atoms with van der Waals surface area (Å²) in [6, 6.07) is 5.49. The van der Waals surface area contributed by atoms with E-state index in [1.165, 1.54) is 0 Å². The number of carbonyl (C=O) groups is 1. The Balaban J connectivity index is 1.76. The van der Waals surface area contributed by atoms with Gasteiger partial charge in [0.05, 0.1) is 23.8 Å². The van der Waals surface area contributed by atoms with Crippen molar-refractivity contribution in [2.75, 3.05) is 26.3 Å². The van der Waals surface area contributed by atoms with E-state index in [0.29, 0.717) is 49.9 Å². The van der Waals surface area contributed by atoms with E-state index in [1.54, 1.807) is 21.6 Å². The van der Waals surface area contributed by atoms with Crippen molar-refractivity contribution in [3.05, 3.63) is 74.7 Å². The summed E-state index contributed by atoms with van der Waals surface area (Å²) in [4.78, 5) is 27.3. The largest absolute Gasteiger partial charge is 0.378 e. The molecule has 1 aliphatic carbocycles. The van der Waals surface area contributed by atoms with Crippen molar-refractivity contribution in [3.8, 4) is 11.1 Å². The molecule has 1 aromatic carbocycles. The summed E-state index contributed by atoms with van der Waals surface area (Å²) >= 11 is 6.53. The average molecular weight is 411 g/mol. The Bertz CT molecular complexity index is 1080. The van der Waals surface area contributed by atoms with Crippen LogP contribution in [-0.2, 0) is 17.7 Å². The predicted molar refractivity (Wildman–Crippen MR) is 115 cm³/mol. The van der Waals surface area contributed by atoms with E-state index >= 15 is 0 Å². The lowest BCUT2D eigenvalue weighted by molar-refractivity contribution is 0.0303. The van der Waals surface area contributed by atoms with Gasteiger partial charge in [-0.3, -0.25) is 9.59 Å². The molecule has 4 rings (SSSR count). The third-order valence-electron chi connectivity index (χ3n) is 5.40. The Morgan fingerprint density at radius 1 is 1.31 bits per heavy atom. The van der Waals surface area contributed by atoms with Gasteiger partial charge in [0.15, 0.2) is 0 Å². The number of hydrogen-bond acceptors (Lipinski definition) is 3. The second kappa shape index (κ2) is 8.01. The third kappa shape index (κ3) is 3.68. The van der Waals surface area contributed by atoms with Crippen molar-refractivity contribution in [1.29, 1.82) is 0 Å². The molecule has 150 valence electrons. The minimum absolute atomic E-state index is 0.0157. The first-order valence-corrected chi connectivity index (χ1v) is 10.1. The normalized spacial score (nSPS) is 15.8. The van der Waals surface area contributed by atoms with Crippen LogP contribution in [0.2, 0.25) is 5.02 Å². The van der Waals surface area contributed by atoms with Crippen molar-refractivity contribution >= 4 is 23.6 Å². The molecule has 0 saturated carbocycles. The molecule has 1 fully saturated rings. The summed E-state index contributed by atoms with van der Waals surface area (Å²) < 4.78 is 6.99. The number of aromatic nitrogens is 1. The lowest BCUT2D eigenvalue weighted by Crippen LogP contribution is -2.40. The molecule has 2 aromatic rings. The summed E-state index contributed by atoms with van der Waals surface area (Å²) in [5, 5.41) is 0.410. The quantitative estimate of drug-likeness (QED) is 0.720. The van der Waals surface area contributed by atoms with E-state index in [1.807, 2.05) is 25.3 Å². The van der Waals surface area contributed by atoms with E-state index in [2.05, 4.69) is 12.7 Å². The number of nitrogens with zero attached hydrogens (tertiary/aromatic N) is 2. The van der Waals surface area contributed by atoms with Crippen LogP contribution in [0.1, 0.15) is 28.4 Å². The highest BCUT2D eigenvalue weighted by Crippen LogP contribution is 2.34. The fraction of sp³-hybridized carbons (Fsp3) is 0.304. The maximum Gasteiger partial charge on any atom is 0.255 e. The molecule has 1 aliphatic heterocycles. The van der Waals surface area contributed by atoms with Gasteiger partial charge in [-0.2, -0.15) is 0 Å². The molecular weight excluding hydrogens is 388 g/mol. The predicted octanol–water partition coefficient (Wildman–Crippen LogP) is 3.79. The molecule has 6 heteroatoms. The smallest absolute Gasteiger partial charge is 0.255 e. The van der Waals surface area contributed by atoms with Gasteiger partial charge in [-0.15, -0.1) is 6.58 Å². The number of allylic oxidation sites excluding steroid dienone is 2. The summed E-state index contributed by atoms with van der Waals surface area (Å²) in [5.41, 5.74) is 5.21. The number of benzene rings is 1. The number of hydrogen-bond donors (Lipinski definition) is 0. The van der Waals surface area contributed by atoms with Gasteiger partial charge in [-0.1, -0.05) is 35.4 Å². The second-order valence-corrected chi connectivity index (χ2v) is 7.86. The third-order valence-corrected chi connectivity index (χ3v) is 5.71. The Labute approximate surface area is 174 Å². The zero-order valence-corrected chi connectivity index (χ0v) is 17.2. The summed E-state index contributed by atoms with van der Waals surface area (Å²) in [5.74, 6) is -0.0811. The highest BCUT2D eigenvalue weighted by Gasteiger charge is 2.23. The van der Waals surface area contributed by atoms with Crippen LogP contribution in [0.3, 0.4) is 0 Å². The zero-order chi connectivity index (χ0) is 20.5. The van der Waals surface area contributed by atoms with Gasteiger partial charge in [0.1, 0.15) is 0 Å². The van der Waals surface area contributed by atoms with Gasteiger partial charge in [-0.05, 0) is 36.6 Å². The molecule has 2 heterocycles. The molecule has 0 bridgehead atoms. The highest BCUT2D eigenvalue weighted by atomic mass is 35.5. The topological polar surface area (TPSA) is 51.5 Å². The van der Waals surface area contributed by atoms with Crippen molar-refractivity contribution in [1.82, 2.24) is 9.47 Å². The average Bonchev–Trinajstić information content (AvgIpc) is 3.12. The number of amides is 1. The number of pyridine rings is 1. The molecule has 29 heavy (non-hydrogen) atoms. The van der Waals surface area contributed by atoms with Crippen molar-refractivity contribution in [2.24, 2.45) is 0 Å². The standard InChI is InChI=1S/C23H23ClN2O3/c1-3-6-26-14-20(18-11-15(2)12-19(18)23(26)28)16-4-5-17(21(24)13-16)22(27)25-7-9-29-10-8-25/h3-5,11,13-14H,1,6-10,12H2,2H3. The maximum atomic E-state index is 12.8. The van der Waals surface area contributed by atoms with Crippen LogP contribution in [0, 0.1) is 0 Å². The zero-order valence-electron chi connectivity index (χ0n) is 16.4. The van der Waals surface area contributed by atoms with Gasteiger partial charge < -0.3 is 14.2 Å². The van der Waals surface area contributed by atoms with Crippen LogP contribution < -0.4 is 5.56 Å². The number of ether oxygens (including phenoxy) is 1. The van der Waals surface area contributed by atoms with E-state index in [-0.39, 0.29) is 11.5 Å². The van der Waals surface area contributed by atoms with Crippen molar-refractivity contribution in [3.63, 3.8) is 0 Å². The molecule has 0 unspecified atom stereocenters. The Kier molecular flexibility index (Phi) is 5.43. The molecule has 0 atom stereocenters. The van der Waals surface area contributed by atoms with Gasteiger partial charge >= 0.3 is 0 Å². The van der Waals surface area contributed by atoms with Crippen molar-refractivity contribution < 1.29 is 9.53 Å². The SMILES string of the molecule is C=CCn1cc(-c2ccc(C(=O)N3CCOCC3)c(Cl)c2)c2c(c1=O)CC(C)=C2. The van der Waals surface area contributed by atoms with Crippen LogP contribution in [-0.4, -0.2) is 41.7 Å². The van der Waals surface area contributed by atoms with E-state index < -0.39 is 0 Å². The number of rotatable bonds is 4. The Morgan fingerprint density at radius 2 is 2.07 bits per heavy atom. The fourth-order valence-electron chi connectivity index (χ4n) is 3.94. The molecular formula is C23H23ClN2O3. The highest BCUT2D eigenvalue weighted by molar-refractivity contribution is 6.34. The second-order valence-electron chi connectivity index (χ2n) is 7.45. The molecule has 0 radical (unpaired) electrons. The summed E-state index contributed by atoms with van der Waals surface area (Å²) in [6.07, 6.45) is 6.28. The van der Waals surface area contributed by atoms with E-state index in [4.69, 9.17) is 16.3 Å². The Morgan fingerprint density at radius 3 is 2.76 bits per heavy atom. The van der Waals surface area contributed by atoms with Gasteiger partial charge in [0, 0.05) is 37.0 Å². The fourth-order valence-corrected chi connectivity index (χ4v) is 4.21. The summed E-state index contributed by atoms with van der Waals surface area (Å²) in [7, 11) is 0. The minimum Gasteiger partial charge on any atom is -0.378 e. The van der Waals surface area contributed by atoms with Crippen LogP contribution in [0.5, 0.6) is 0 Å². The molecule has 0 N–H and O–H groups in total. The van der Waals surface area contributed by atoms with Crippen LogP contribution in [0.15, 0.2) is 47.4 Å². The van der Waals surface area contributed by atoms with Crippen molar-refractivity contribution in [2.45, 2.75) is 19.9 Å². The van der Waals surface area contributed by atoms with Crippen LogP contribution in [0.4, 0.5) is 0 Å². The summed E-state index contributed by atoms with van der Waals surface area (Å²) in [6.45, 7) is 8.45.